The molecule has 1 heterocycles. The molecule has 1 rings (SSSR count). The first-order valence-corrected chi connectivity index (χ1v) is 3.53. The molecule has 11 heavy (non-hydrogen) atoms. The summed E-state index contributed by atoms with van der Waals surface area (Å²) in [6, 6.07) is 1.99. The SMILES string of the molecule is CNCc1cc(COC)[nH]n1. The summed E-state index contributed by atoms with van der Waals surface area (Å²) in [4.78, 5) is 0. The molecule has 0 radical (unpaired) electrons. The zero-order chi connectivity index (χ0) is 8.10. The predicted octanol–water partition coefficient (Wildman–Crippen LogP) is 0.275. The lowest BCUT2D eigenvalue weighted by atomic mass is 10.3. The van der Waals surface area contributed by atoms with E-state index < -0.39 is 0 Å². The van der Waals surface area contributed by atoms with Gasteiger partial charge in [0.25, 0.3) is 0 Å². The summed E-state index contributed by atoms with van der Waals surface area (Å²) in [5.74, 6) is 0. The number of hydrogen-bond donors (Lipinski definition) is 2. The van der Waals surface area contributed by atoms with Crippen LogP contribution in [-0.2, 0) is 17.9 Å². The fraction of sp³-hybridized carbons (Fsp3) is 0.571. The van der Waals surface area contributed by atoms with Gasteiger partial charge in [-0.1, -0.05) is 0 Å². The smallest absolute Gasteiger partial charge is 0.0878 e. The van der Waals surface area contributed by atoms with Crippen LogP contribution in [0.4, 0.5) is 0 Å². The van der Waals surface area contributed by atoms with Gasteiger partial charge in [-0.05, 0) is 13.1 Å². The van der Waals surface area contributed by atoms with Crippen LogP contribution in [0, 0.1) is 0 Å². The van der Waals surface area contributed by atoms with E-state index in [9.17, 15) is 0 Å². The van der Waals surface area contributed by atoms with E-state index in [-0.39, 0.29) is 0 Å². The van der Waals surface area contributed by atoms with E-state index in [0.29, 0.717) is 6.61 Å². The number of aromatic nitrogens is 2. The van der Waals surface area contributed by atoms with Gasteiger partial charge in [0.1, 0.15) is 0 Å². The van der Waals surface area contributed by atoms with Crippen molar-refractivity contribution in [3.63, 3.8) is 0 Å². The lowest BCUT2D eigenvalue weighted by Crippen LogP contribution is -2.04. The third-order valence-electron chi connectivity index (χ3n) is 1.34. The van der Waals surface area contributed by atoms with Crippen LogP contribution in [0.2, 0.25) is 0 Å². The maximum absolute atomic E-state index is 4.93. The van der Waals surface area contributed by atoms with Gasteiger partial charge in [-0.25, -0.2) is 0 Å². The number of ether oxygens (including phenoxy) is 1. The predicted molar refractivity (Wildman–Crippen MR) is 42.1 cm³/mol. The molecule has 4 heteroatoms. The summed E-state index contributed by atoms with van der Waals surface area (Å²) in [5.41, 5.74) is 2.03. The molecule has 0 aliphatic heterocycles. The Kier molecular flexibility index (Phi) is 3.07. The second kappa shape index (κ2) is 4.10. The van der Waals surface area contributed by atoms with Gasteiger partial charge in [-0.2, -0.15) is 5.10 Å². The van der Waals surface area contributed by atoms with Crippen molar-refractivity contribution in [2.45, 2.75) is 13.2 Å². The zero-order valence-corrected chi connectivity index (χ0v) is 6.85. The van der Waals surface area contributed by atoms with Gasteiger partial charge in [0.15, 0.2) is 0 Å². The van der Waals surface area contributed by atoms with Gasteiger partial charge in [0, 0.05) is 13.7 Å². The molecule has 0 bridgehead atoms. The fourth-order valence-corrected chi connectivity index (χ4v) is 0.910. The molecule has 0 saturated heterocycles. The van der Waals surface area contributed by atoms with Gasteiger partial charge >= 0.3 is 0 Å². The Bertz CT molecular complexity index is 189. The standard InChI is InChI=1S/C7H13N3O/c1-8-4-6-3-7(5-11-2)10-9-6/h3,8H,4-5H2,1-2H3,(H,9,10). The molecule has 4 nitrogen and oxygen atoms in total. The van der Waals surface area contributed by atoms with Crippen LogP contribution in [-0.4, -0.2) is 24.4 Å². The minimum absolute atomic E-state index is 0.594. The Hall–Kier alpha value is -0.870. The van der Waals surface area contributed by atoms with Crippen molar-refractivity contribution >= 4 is 0 Å². The van der Waals surface area contributed by atoms with Crippen LogP contribution in [0.25, 0.3) is 0 Å². The Balaban J connectivity index is 2.51. The van der Waals surface area contributed by atoms with E-state index in [1.54, 1.807) is 7.11 Å². The van der Waals surface area contributed by atoms with Crippen molar-refractivity contribution in [3.8, 4) is 0 Å². The Labute approximate surface area is 66.0 Å². The molecule has 0 fully saturated rings. The summed E-state index contributed by atoms with van der Waals surface area (Å²) in [7, 11) is 3.56. The molecule has 0 aromatic carbocycles. The Morgan fingerprint density at radius 1 is 1.73 bits per heavy atom. The first-order valence-electron chi connectivity index (χ1n) is 3.53. The molecule has 0 saturated carbocycles. The van der Waals surface area contributed by atoms with Gasteiger partial charge in [-0.15, -0.1) is 0 Å². The number of nitrogens with zero attached hydrogens (tertiary/aromatic N) is 1. The quantitative estimate of drug-likeness (QED) is 0.656. The van der Waals surface area contributed by atoms with E-state index in [4.69, 9.17) is 4.74 Å². The highest BCUT2D eigenvalue weighted by atomic mass is 16.5. The molecule has 0 unspecified atom stereocenters. The maximum Gasteiger partial charge on any atom is 0.0878 e. The lowest BCUT2D eigenvalue weighted by molar-refractivity contribution is 0.181. The molecule has 2 N–H and O–H groups in total. The van der Waals surface area contributed by atoms with Crippen LogP contribution in [0.1, 0.15) is 11.4 Å². The number of hydrogen-bond acceptors (Lipinski definition) is 3. The highest BCUT2D eigenvalue weighted by Gasteiger charge is 1.97. The van der Waals surface area contributed by atoms with Crippen molar-refractivity contribution in [1.82, 2.24) is 15.5 Å². The molecular formula is C7H13N3O. The van der Waals surface area contributed by atoms with Gasteiger partial charge in [0.2, 0.25) is 0 Å². The molecular weight excluding hydrogens is 142 g/mol. The van der Waals surface area contributed by atoms with E-state index in [1.165, 1.54) is 0 Å². The monoisotopic (exact) mass is 155 g/mol. The van der Waals surface area contributed by atoms with Gasteiger partial charge in [-0.3, -0.25) is 5.10 Å². The van der Waals surface area contributed by atoms with Crippen molar-refractivity contribution < 1.29 is 4.74 Å². The van der Waals surface area contributed by atoms with Crippen molar-refractivity contribution in [2.24, 2.45) is 0 Å². The molecule has 1 aromatic rings. The molecule has 0 atom stereocenters. The van der Waals surface area contributed by atoms with Crippen molar-refractivity contribution in [1.29, 1.82) is 0 Å². The number of rotatable bonds is 4. The maximum atomic E-state index is 4.93. The molecule has 62 valence electrons. The molecule has 1 aromatic heterocycles. The van der Waals surface area contributed by atoms with Gasteiger partial charge < -0.3 is 10.1 Å². The normalized spacial score (nSPS) is 10.4. The minimum Gasteiger partial charge on any atom is -0.378 e. The largest absolute Gasteiger partial charge is 0.378 e. The van der Waals surface area contributed by atoms with Crippen LogP contribution in [0.3, 0.4) is 0 Å². The van der Waals surface area contributed by atoms with E-state index in [1.807, 2.05) is 13.1 Å². The number of H-pyrrole nitrogens is 1. The average Bonchev–Trinajstić information content (AvgIpc) is 2.38. The average molecular weight is 155 g/mol. The minimum atomic E-state index is 0.594. The number of nitrogens with one attached hydrogen (secondary N) is 2. The molecule has 0 aliphatic rings. The second-order valence-electron chi connectivity index (χ2n) is 2.35. The third-order valence-corrected chi connectivity index (χ3v) is 1.34. The zero-order valence-electron chi connectivity index (χ0n) is 6.85. The van der Waals surface area contributed by atoms with Crippen LogP contribution < -0.4 is 5.32 Å². The molecule has 0 amide bonds. The van der Waals surface area contributed by atoms with Crippen LogP contribution in [0.15, 0.2) is 6.07 Å². The molecule has 0 spiro atoms. The summed E-state index contributed by atoms with van der Waals surface area (Å²) >= 11 is 0. The van der Waals surface area contributed by atoms with Crippen LogP contribution in [0.5, 0.6) is 0 Å². The lowest BCUT2D eigenvalue weighted by Gasteiger charge is -1.90. The summed E-state index contributed by atoms with van der Waals surface area (Å²) < 4.78 is 4.93. The first kappa shape index (κ1) is 8.23. The highest BCUT2D eigenvalue weighted by molar-refractivity contribution is 5.07. The van der Waals surface area contributed by atoms with Crippen LogP contribution >= 0.6 is 0 Å². The van der Waals surface area contributed by atoms with Gasteiger partial charge in [0.05, 0.1) is 18.0 Å². The topological polar surface area (TPSA) is 49.9 Å². The van der Waals surface area contributed by atoms with E-state index in [2.05, 4.69) is 15.5 Å². The first-order chi connectivity index (χ1) is 5.36. The fourth-order valence-electron chi connectivity index (χ4n) is 0.910. The highest BCUT2D eigenvalue weighted by Crippen LogP contribution is 1.99. The van der Waals surface area contributed by atoms with E-state index >= 15 is 0 Å². The molecule has 0 aliphatic carbocycles. The number of methoxy groups -OCH3 is 1. The summed E-state index contributed by atoms with van der Waals surface area (Å²) in [6.45, 7) is 1.39. The van der Waals surface area contributed by atoms with E-state index in [0.717, 1.165) is 17.9 Å². The second-order valence-corrected chi connectivity index (χ2v) is 2.35. The Morgan fingerprint density at radius 2 is 2.55 bits per heavy atom. The number of aromatic amines is 1. The Morgan fingerprint density at radius 3 is 3.18 bits per heavy atom. The summed E-state index contributed by atoms with van der Waals surface area (Å²) in [5, 5.41) is 9.95. The van der Waals surface area contributed by atoms with Crippen molar-refractivity contribution in [3.05, 3.63) is 17.5 Å². The third kappa shape index (κ3) is 2.32. The van der Waals surface area contributed by atoms with Crippen molar-refractivity contribution in [2.75, 3.05) is 14.2 Å². The summed E-state index contributed by atoms with van der Waals surface area (Å²) in [6.07, 6.45) is 0.